The number of rotatable bonds is 2. The Kier molecular flexibility index (Phi) is 7.21. The largest absolute Gasteiger partial charge is 0.469 e. The number of Topliss-reactive ketones (excluding diaryl/α,β-unsaturated/α-hetero) is 1. The van der Waals surface area contributed by atoms with Crippen molar-refractivity contribution in [2.24, 2.45) is 44.8 Å². The molecule has 0 aliphatic heterocycles. The fraction of sp³-hybridized carbons (Fsp3) is 0.750. The summed E-state index contributed by atoms with van der Waals surface area (Å²) in [5.74, 6) is -1.50. The highest BCUT2D eigenvalue weighted by atomic mass is 16.6. The van der Waals surface area contributed by atoms with Crippen LogP contribution in [0.5, 0.6) is 0 Å². The van der Waals surface area contributed by atoms with Crippen molar-refractivity contribution in [3.63, 3.8) is 0 Å². The number of nitriles is 1. The number of fused-ring (bicyclic) bond motifs is 7. The molecular weight excluding hydrogens is 556 g/mol. The number of hydrogen-bond acceptors (Lipinski definition) is 7. The maximum atomic E-state index is 14.6. The lowest BCUT2D eigenvalue weighted by atomic mass is 9.34. The van der Waals surface area contributed by atoms with Crippen LogP contribution < -0.4 is 5.32 Å². The van der Waals surface area contributed by atoms with Crippen LogP contribution >= 0.6 is 0 Å². The second-order valence-corrected chi connectivity index (χ2v) is 17.0. The number of amides is 1. The van der Waals surface area contributed by atoms with E-state index in [9.17, 15) is 24.4 Å². The number of ether oxygens (including phenoxy) is 2. The predicted molar refractivity (Wildman–Crippen MR) is 165 cm³/mol. The zero-order chi connectivity index (χ0) is 32.9. The van der Waals surface area contributed by atoms with Crippen LogP contribution in [0.3, 0.4) is 0 Å². The van der Waals surface area contributed by atoms with E-state index in [0.717, 1.165) is 24.8 Å². The maximum absolute atomic E-state index is 14.6. The summed E-state index contributed by atoms with van der Waals surface area (Å²) in [6.07, 6.45) is 7.91. The van der Waals surface area contributed by atoms with E-state index in [1.807, 2.05) is 6.92 Å². The molecule has 1 amide bonds. The molecule has 3 saturated carbocycles. The molecule has 0 aromatic rings. The molecular formula is C36H50N2O6. The molecule has 8 atom stereocenters. The molecule has 8 nitrogen and oxygen atoms in total. The van der Waals surface area contributed by atoms with E-state index in [2.05, 4.69) is 39.1 Å². The van der Waals surface area contributed by atoms with Gasteiger partial charge in [0, 0.05) is 17.3 Å². The van der Waals surface area contributed by atoms with Crippen LogP contribution in [0.25, 0.3) is 0 Å². The van der Waals surface area contributed by atoms with E-state index < -0.39 is 50.6 Å². The highest BCUT2D eigenvalue weighted by molar-refractivity contribution is 6.08. The van der Waals surface area contributed by atoms with Crippen molar-refractivity contribution >= 4 is 23.6 Å². The summed E-state index contributed by atoms with van der Waals surface area (Å²) >= 11 is 0. The van der Waals surface area contributed by atoms with Crippen molar-refractivity contribution in [2.45, 2.75) is 118 Å². The topological polar surface area (TPSA) is 123 Å². The first-order chi connectivity index (χ1) is 20.1. The molecule has 0 bridgehead atoms. The van der Waals surface area contributed by atoms with Gasteiger partial charge in [-0.3, -0.25) is 14.4 Å². The van der Waals surface area contributed by atoms with Crippen molar-refractivity contribution in [1.82, 2.24) is 5.32 Å². The molecule has 5 rings (SSSR count). The second kappa shape index (κ2) is 9.77. The molecule has 240 valence electrons. The Balaban J connectivity index is 1.65. The highest BCUT2D eigenvalue weighted by Gasteiger charge is 2.71. The summed E-state index contributed by atoms with van der Waals surface area (Å²) in [4.78, 5) is 55.0. The molecule has 0 spiro atoms. The van der Waals surface area contributed by atoms with Gasteiger partial charge in [0.2, 0.25) is 0 Å². The van der Waals surface area contributed by atoms with E-state index in [4.69, 9.17) is 9.47 Å². The molecule has 0 aromatic carbocycles. The summed E-state index contributed by atoms with van der Waals surface area (Å²) < 4.78 is 11.0. The van der Waals surface area contributed by atoms with Crippen LogP contribution in [0, 0.1) is 56.2 Å². The number of hydrogen-bond donors (Lipinski definition) is 1. The average molecular weight is 607 g/mol. The van der Waals surface area contributed by atoms with Gasteiger partial charge in [0.25, 0.3) is 0 Å². The summed E-state index contributed by atoms with van der Waals surface area (Å²) in [6, 6.07) is 2.10. The Bertz CT molecular complexity index is 1430. The Morgan fingerprint density at radius 2 is 1.64 bits per heavy atom. The summed E-state index contributed by atoms with van der Waals surface area (Å²) in [5.41, 5.74) is -3.68. The summed E-state index contributed by atoms with van der Waals surface area (Å²) in [5, 5.41) is 13.0. The molecule has 5 aliphatic carbocycles. The van der Waals surface area contributed by atoms with Gasteiger partial charge >= 0.3 is 12.1 Å². The summed E-state index contributed by atoms with van der Waals surface area (Å²) in [6.45, 7) is 17.9. The molecule has 0 radical (unpaired) electrons. The SMILES string of the molecule is COC(=O)[C@]12CCC(C)(C)CC1C1C(=O)C=C3[C@@]4(C)C=C(C#N)C(=O)[C@@](C)(NC(=O)OC(C)(C)C)[C@@H]4CC[C@@]3(C)[C@]1(C)CC2. The molecule has 0 heterocycles. The Hall–Kier alpha value is -2.95. The van der Waals surface area contributed by atoms with Crippen molar-refractivity contribution in [3.05, 3.63) is 23.3 Å². The minimum atomic E-state index is -1.40. The molecule has 1 N–H and O–H groups in total. The third-order valence-corrected chi connectivity index (χ3v) is 12.9. The van der Waals surface area contributed by atoms with E-state index in [0.29, 0.717) is 25.7 Å². The maximum Gasteiger partial charge on any atom is 0.408 e. The van der Waals surface area contributed by atoms with E-state index in [1.54, 1.807) is 39.8 Å². The molecule has 44 heavy (non-hydrogen) atoms. The zero-order valence-corrected chi connectivity index (χ0v) is 28.2. The standard InChI is InChI=1S/C36H50N2O6/c1-30(2,3)44-29(42)38-35(9)24-11-12-33(7)25(32(24,6)18-21(20-37)27(35)40)17-23(39)26-22-19-31(4,5)13-15-36(22,28(41)43-10)16-14-34(26,33)8/h17-18,22,24,26H,11-16,19H2,1-10H3,(H,38,42)/t22?,24-,26?,32+,33-,34-,35+,36+/m1/s1. The van der Waals surface area contributed by atoms with Crippen molar-refractivity contribution in [3.8, 4) is 6.07 Å². The number of carbonyl (C=O) groups excluding carboxylic acids is 4. The fourth-order valence-corrected chi connectivity index (χ4v) is 10.6. The first kappa shape index (κ1) is 32.4. The number of nitrogens with one attached hydrogen (secondary N) is 1. The summed E-state index contributed by atoms with van der Waals surface area (Å²) in [7, 11) is 1.46. The number of ketones is 2. The van der Waals surface area contributed by atoms with Gasteiger partial charge in [0.1, 0.15) is 17.2 Å². The lowest BCUT2D eigenvalue weighted by Gasteiger charge is -2.68. The smallest absolute Gasteiger partial charge is 0.408 e. The van der Waals surface area contributed by atoms with Gasteiger partial charge in [-0.1, -0.05) is 46.3 Å². The van der Waals surface area contributed by atoms with Crippen LogP contribution in [-0.2, 0) is 23.9 Å². The normalized spacial score (nSPS) is 42.6. The molecule has 0 aromatic heterocycles. The number of nitrogens with zero attached hydrogens (tertiary/aromatic N) is 1. The number of methoxy groups -OCH3 is 1. The van der Waals surface area contributed by atoms with E-state index in [-0.39, 0.29) is 34.6 Å². The first-order valence-electron chi connectivity index (χ1n) is 16.2. The number of alkyl carbamates (subject to hydrolysis) is 1. The first-order valence-corrected chi connectivity index (χ1v) is 16.2. The van der Waals surface area contributed by atoms with Crippen LogP contribution in [-0.4, -0.2) is 41.9 Å². The number of esters is 1. The zero-order valence-electron chi connectivity index (χ0n) is 28.2. The van der Waals surface area contributed by atoms with E-state index >= 15 is 0 Å². The van der Waals surface area contributed by atoms with Crippen molar-refractivity contribution in [1.29, 1.82) is 5.26 Å². The lowest BCUT2D eigenvalue weighted by Crippen LogP contribution is -2.69. The quantitative estimate of drug-likeness (QED) is 0.350. The third-order valence-electron chi connectivity index (χ3n) is 12.9. The van der Waals surface area contributed by atoms with Gasteiger partial charge in [0.15, 0.2) is 11.6 Å². The van der Waals surface area contributed by atoms with E-state index in [1.165, 1.54) is 7.11 Å². The van der Waals surface area contributed by atoms with Gasteiger partial charge in [-0.25, -0.2) is 4.79 Å². The molecule has 5 aliphatic rings. The number of carbonyl (C=O) groups is 4. The van der Waals surface area contributed by atoms with Gasteiger partial charge in [-0.15, -0.1) is 0 Å². The minimum absolute atomic E-state index is 0.00142. The molecule has 8 heteroatoms. The molecule has 2 unspecified atom stereocenters. The van der Waals surface area contributed by atoms with Gasteiger partial charge in [-0.2, -0.15) is 5.26 Å². The minimum Gasteiger partial charge on any atom is -0.469 e. The van der Waals surface area contributed by atoms with Gasteiger partial charge in [-0.05, 0) is 101 Å². The van der Waals surface area contributed by atoms with Crippen LogP contribution in [0.2, 0.25) is 0 Å². The van der Waals surface area contributed by atoms with Crippen LogP contribution in [0.4, 0.5) is 4.79 Å². The Morgan fingerprint density at radius 3 is 2.23 bits per heavy atom. The fourth-order valence-electron chi connectivity index (χ4n) is 10.6. The van der Waals surface area contributed by atoms with Crippen molar-refractivity contribution < 1.29 is 28.7 Å². The second-order valence-electron chi connectivity index (χ2n) is 17.0. The lowest BCUT2D eigenvalue weighted by molar-refractivity contribution is -0.190. The Labute approximate surface area is 262 Å². The van der Waals surface area contributed by atoms with Crippen molar-refractivity contribution in [2.75, 3.05) is 7.11 Å². The molecule has 0 saturated heterocycles. The van der Waals surface area contributed by atoms with Crippen LogP contribution in [0.15, 0.2) is 23.3 Å². The highest BCUT2D eigenvalue weighted by Crippen LogP contribution is 2.74. The Morgan fingerprint density at radius 1 is 1.00 bits per heavy atom. The average Bonchev–Trinajstić information content (AvgIpc) is 2.90. The predicted octanol–water partition coefficient (Wildman–Crippen LogP) is 6.64. The van der Waals surface area contributed by atoms with Crippen LogP contribution in [0.1, 0.15) is 107 Å². The number of allylic oxidation sites excluding steroid dienone is 3. The third kappa shape index (κ3) is 4.35. The van der Waals surface area contributed by atoms with Gasteiger partial charge in [0.05, 0.1) is 18.1 Å². The van der Waals surface area contributed by atoms with Gasteiger partial charge < -0.3 is 14.8 Å². The monoisotopic (exact) mass is 606 g/mol. The molecule has 3 fully saturated rings.